The summed E-state index contributed by atoms with van der Waals surface area (Å²) in [6.45, 7) is 3.39. The minimum Gasteiger partial charge on any atom is -0.399 e. The van der Waals surface area contributed by atoms with E-state index in [1.807, 2.05) is 6.92 Å². The number of anilines is 2. The largest absolute Gasteiger partial charge is 0.399 e. The number of ketones is 2. The monoisotopic (exact) mass is 299 g/mol. The normalized spacial score (nSPS) is 14.3. The Kier molecular flexibility index (Phi) is 4.12. The summed E-state index contributed by atoms with van der Waals surface area (Å²) in [4.78, 5) is 36.9. The predicted molar refractivity (Wildman–Crippen MR) is 84.2 cm³/mol. The van der Waals surface area contributed by atoms with Crippen molar-refractivity contribution in [3.63, 3.8) is 0 Å². The standard InChI is InChI=1S/C16H17N3O3/c1-9-6-11(4-5-12(9)17)18-16(22)19(3)13-8-14(20)10(2)7-15(13)21/h4-8H,17H2,1-3H3,(H,18,22). The van der Waals surface area contributed by atoms with Gasteiger partial charge in [0.2, 0.25) is 5.78 Å². The molecule has 0 saturated heterocycles. The van der Waals surface area contributed by atoms with E-state index in [2.05, 4.69) is 5.32 Å². The maximum absolute atomic E-state index is 12.2. The highest BCUT2D eigenvalue weighted by atomic mass is 16.2. The molecule has 0 bridgehead atoms. The van der Waals surface area contributed by atoms with Crippen LogP contribution in [0.25, 0.3) is 0 Å². The summed E-state index contributed by atoms with van der Waals surface area (Å²) in [5.41, 5.74) is 8.15. The Balaban J connectivity index is 2.16. The fourth-order valence-corrected chi connectivity index (χ4v) is 1.98. The van der Waals surface area contributed by atoms with Gasteiger partial charge in [-0.1, -0.05) is 0 Å². The van der Waals surface area contributed by atoms with Crippen LogP contribution in [0.3, 0.4) is 0 Å². The SMILES string of the molecule is CC1=CC(=O)C(N(C)C(=O)Nc2ccc(N)c(C)c2)=CC1=O. The van der Waals surface area contributed by atoms with Gasteiger partial charge in [-0.15, -0.1) is 0 Å². The second-order valence-electron chi connectivity index (χ2n) is 5.15. The van der Waals surface area contributed by atoms with Gasteiger partial charge in [0.15, 0.2) is 5.78 Å². The molecule has 2 amide bonds. The molecule has 22 heavy (non-hydrogen) atoms. The van der Waals surface area contributed by atoms with Gasteiger partial charge in [-0.25, -0.2) is 4.79 Å². The number of nitrogens with zero attached hydrogens (tertiary/aromatic N) is 1. The molecule has 1 aromatic rings. The number of amides is 2. The van der Waals surface area contributed by atoms with Crippen LogP contribution < -0.4 is 11.1 Å². The Labute approximate surface area is 128 Å². The lowest BCUT2D eigenvalue weighted by molar-refractivity contribution is -0.115. The van der Waals surface area contributed by atoms with Crippen molar-refractivity contribution in [1.82, 2.24) is 4.90 Å². The third-order valence-electron chi connectivity index (χ3n) is 3.44. The predicted octanol–water partition coefficient (Wildman–Crippen LogP) is 2.02. The molecule has 6 nitrogen and oxygen atoms in total. The van der Waals surface area contributed by atoms with Crippen LogP contribution in [0.4, 0.5) is 16.2 Å². The van der Waals surface area contributed by atoms with Crippen molar-refractivity contribution < 1.29 is 14.4 Å². The molecule has 0 heterocycles. The van der Waals surface area contributed by atoms with E-state index in [9.17, 15) is 14.4 Å². The number of likely N-dealkylation sites (N-methyl/N-ethyl adjacent to an activating group) is 1. The maximum atomic E-state index is 12.2. The van der Waals surface area contributed by atoms with Crippen LogP contribution in [0.2, 0.25) is 0 Å². The van der Waals surface area contributed by atoms with Crippen LogP contribution in [0, 0.1) is 6.92 Å². The highest BCUT2D eigenvalue weighted by molar-refractivity contribution is 6.20. The Hall–Kier alpha value is -2.89. The number of carbonyl (C=O) groups excluding carboxylic acids is 3. The van der Waals surface area contributed by atoms with Crippen molar-refractivity contribution in [3.05, 3.63) is 47.2 Å². The van der Waals surface area contributed by atoms with Crippen LogP contribution >= 0.6 is 0 Å². The zero-order valence-corrected chi connectivity index (χ0v) is 12.6. The maximum Gasteiger partial charge on any atom is 0.326 e. The first kappa shape index (κ1) is 15.5. The molecular weight excluding hydrogens is 282 g/mol. The molecule has 0 aliphatic heterocycles. The molecule has 0 atom stereocenters. The minimum absolute atomic E-state index is 0.0419. The van der Waals surface area contributed by atoms with Gasteiger partial charge in [0.05, 0.1) is 5.70 Å². The van der Waals surface area contributed by atoms with E-state index >= 15 is 0 Å². The van der Waals surface area contributed by atoms with Crippen molar-refractivity contribution in [1.29, 1.82) is 0 Å². The number of rotatable bonds is 2. The zero-order valence-electron chi connectivity index (χ0n) is 12.6. The Morgan fingerprint density at radius 3 is 2.45 bits per heavy atom. The number of carbonyl (C=O) groups is 3. The quantitative estimate of drug-likeness (QED) is 0.645. The van der Waals surface area contributed by atoms with Gasteiger partial charge < -0.3 is 11.1 Å². The van der Waals surface area contributed by atoms with Crippen LogP contribution in [-0.4, -0.2) is 29.5 Å². The molecule has 0 unspecified atom stereocenters. The van der Waals surface area contributed by atoms with E-state index in [4.69, 9.17) is 5.73 Å². The van der Waals surface area contributed by atoms with Gasteiger partial charge in [0, 0.05) is 30.1 Å². The Bertz CT molecular complexity index is 732. The number of hydrogen-bond acceptors (Lipinski definition) is 4. The number of benzene rings is 1. The van der Waals surface area contributed by atoms with Gasteiger partial charge in [0.25, 0.3) is 0 Å². The van der Waals surface area contributed by atoms with E-state index in [-0.39, 0.29) is 17.3 Å². The lowest BCUT2D eigenvalue weighted by Crippen LogP contribution is -2.35. The van der Waals surface area contributed by atoms with E-state index < -0.39 is 6.03 Å². The molecular formula is C16H17N3O3. The van der Waals surface area contributed by atoms with Crippen molar-refractivity contribution in [2.45, 2.75) is 13.8 Å². The molecule has 2 rings (SSSR count). The number of nitrogens with two attached hydrogens (primary N) is 1. The third-order valence-corrected chi connectivity index (χ3v) is 3.44. The van der Waals surface area contributed by atoms with Crippen molar-refractivity contribution in [3.8, 4) is 0 Å². The first-order valence-electron chi connectivity index (χ1n) is 6.69. The van der Waals surface area contributed by atoms with Crippen LogP contribution in [-0.2, 0) is 9.59 Å². The molecule has 6 heteroatoms. The average molecular weight is 299 g/mol. The number of hydrogen-bond donors (Lipinski definition) is 2. The first-order valence-corrected chi connectivity index (χ1v) is 6.69. The summed E-state index contributed by atoms with van der Waals surface area (Å²) in [5, 5.41) is 2.66. The number of allylic oxidation sites excluding steroid dienone is 3. The van der Waals surface area contributed by atoms with E-state index in [1.165, 1.54) is 19.2 Å². The van der Waals surface area contributed by atoms with E-state index in [0.717, 1.165) is 10.5 Å². The second kappa shape index (κ2) is 5.85. The summed E-state index contributed by atoms with van der Waals surface area (Å²) in [7, 11) is 1.44. The summed E-state index contributed by atoms with van der Waals surface area (Å²) in [6, 6.07) is 4.57. The van der Waals surface area contributed by atoms with Gasteiger partial charge in [-0.3, -0.25) is 14.5 Å². The van der Waals surface area contributed by atoms with Crippen LogP contribution in [0.5, 0.6) is 0 Å². The highest BCUT2D eigenvalue weighted by Crippen LogP contribution is 2.19. The molecule has 1 aromatic carbocycles. The number of urea groups is 1. The summed E-state index contributed by atoms with van der Waals surface area (Å²) in [5.74, 6) is -0.652. The van der Waals surface area contributed by atoms with E-state index in [0.29, 0.717) is 16.9 Å². The number of nitrogen functional groups attached to an aromatic ring is 1. The minimum atomic E-state index is -0.510. The molecule has 1 aliphatic rings. The van der Waals surface area contributed by atoms with E-state index in [1.54, 1.807) is 25.1 Å². The Morgan fingerprint density at radius 1 is 1.14 bits per heavy atom. The molecule has 0 saturated carbocycles. The van der Waals surface area contributed by atoms with Crippen molar-refractivity contribution in [2.75, 3.05) is 18.1 Å². The molecule has 0 fully saturated rings. The molecule has 0 radical (unpaired) electrons. The van der Waals surface area contributed by atoms with Crippen molar-refractivity contribution in [2.24, 2.45) is 0 Å². The lowest BCUT2D eigenvalue weighted by atomic mass is 10.0. The van der Waals surface area contributed by atoms with Gasteiger partial charge in [0.1, 0.15) is 0 Å². The van der Waals surface area contributed by atoms with Crippen LogP contribution in [0.1, 0.15) is 12.5 Å². The van der Waals surface area contributed by atoms with Crippen LogP contribution in [0.15, 0.2) is 41.6 Å². The Morgan fingerprint density at radius 2 is 1.82 bits per heavy atom. The molecule has 0 spiro atoms. The topological polar surface area (TPSA) is 92.5 Å². The zero-order chi connectivity index (χ0) is 16.4. The number of aryl methyl sites for hydroxylation is 1. The smallest absolute Gasteiger partial charge is 0.326 e. The molecule has 0 aromatic heterocycles. The van der Waals surface area contributed by atoms with Gasteiger partial charge in [-0.05, 0) is 43.7 Å². The van der Waals surface area contributed by atoms with Gasteiger partial charge >= 0.3 is 6.03 Å². The highest BCUT2D eigenvalue weighted by Gasteiger charge is 2.24. The molecule has 114 valence electrons. The average Bonchev–Trinajstić information content (AvgIpc) is 2.46. The molecule has 1 aliphatic carbocycles. The fourth-order valence-electron chi connectivity index (χ4n) is 1.98. The third kappa shape index (κ3) is 3.06. The second-order valence-corrected chi connectivity index (χ2v) is 5.15. The lowest BCUT2D eigenvalue weighted by Gasteiger charge is -2.21. The van der Waals surface area contributed by atoms with Gasteiger partial charge in [-0.2, -0.15) is 0 Å². The summed E-state index contributed by atoms with van der Waals surface area (Å²) in [6.07, 6.45) is 2.40. The first-order chi connectivity index (χ1) is 10.3. The van der Waals surface area contributed by atoms with Crippen molar-refractivity contribution >= 4 is 29.0 Å². The summed E-state index contributed by atoms with van der Waals surface area (Å²) < 4.78 is 0. The summed E-state index contributed by atoms with van der Waals surface area (Å²) >= 11 is 0. The number of nitrogens with one attached hydrogen (secondary N) is 1. The fraction of sp³-hybridized carbons (Fsp3) is 0.188. The molecule has 3 N–H and O–H groups in total.